The summed E-state index contributed by atoms with van der Waals surface area (Å²) in [4.78, 5) is 2.32. The number of furan rings is 1. The minimum absolute atomic E-state index is 0.307. The fourth-order valence-corrected chi connectivity index (χ4v) is 2.68. The smallest absolute Gasteiger partial charge is 0.129 e. The van der Waals surface area contributed by atoms with Gasteiger partial charge >= 0.3 is 0 Å². The molecule has 2 unspecified atom stereocenters. The highest BCUT2D eigenvalue weighted by molar-refractivity contribution is 5.25. The summed E-state index contributed by atoms with van der Waals surface area (Å²) in [5.41, 5.74) is 2.59. The maximum Gasteiger partial charge on any atom is 0.129 e. The Morgan fingerprint density at radius 3 is 2.67 bits per heavy atom. The highest BCUT2D eigenvalue weighted by atomic mass is 16.5. The minimum Gasteiger partial charge on any atom is -0.467 e. The summed E-state index contributed by atoms with van der Waals surface area (Å²) in [6, 6.07) is 12.5. The molecule has 0 amide bonds. The maximum atomic E-state index is 10.3. The van der Waals surface area contributed by atoms with Crippen LogP contribution in [0, 0.1) is 6.92 Å². The van der Waals surface area contributed by atoms with Gasteiger partial charge in [0.15, 0.2) is 0 Å². The van der Waals surface area contributed by atoms with E-state index < -0.39 is 6.10 Å². The molecular weight excluding hydrogens is 302 g/mol. The molecule has 0 saturated carbocycles. The van der Waals surface area contributed by atoms with Crippen molar-refractivity contribution in [1.82, 2.24) is 4.90 Å². The molecule has 0 fully saturated rings. The first-order valence-corrected chi connectivity index (χ1v) is 8.67. The summed E-state index contributed by atoms with van der Waals surface area (Å²) in [7, 11) is 0. The molecule has 0 spiro atoms. The molecule has 24 heavy (non-hydrogen) atoms. The van der Waals surface area contributed by atoms with Crippen LogP contribution in [0.4, 0.5) is 0 Å². The Kier molecular flexibility index (Phi) is 7.50. The number of aliphatic hydroxyl groups is 1. The first-order valence-electron chi connectivity index (χ1n) is 8.67. The molecule has 1 N–H and O–H groups in total. The second-order valence-electron chi connectivity index (χ2n) is 6.36. The second-order valence-corrected chi connectivity index (χ2v) is 6.36. The molecular formula is C20H29NO3. The molecule has 1 aromatic heterocycles. The van der Waals surface area contributed by atoms with Gasteiger partial charge in [0, 0.05) is 19.1 Å². The van der Waals surface area contributed by atoms with E-state index in [1.807, 2.05) is 12.1 Å². The van der Waals surface area contributed by atoms with Crippen molar-refractivity contribution in [2.24, 2.45) is 0 Å². The molecule has 2 atom stereocenters. The molecule has 132 valence electrons. The van der Waals surface area contributed by atoms with Crippen molar-refractivity contribution in [2.75, 3.05) is 13.2 Å². The van der Waals surface area contributed by atoms with Gasteiger partial charge in [-0.1, -0.05) is 31.2 Å². The van der Waals surface area contributed by atoms with Gasteiger partial charge in [-0.05, 0) is 43.5 Å². The molecule has 4 nitrogen and oxygen atoms in total. The van der Waals surface area contributed by atoms with Gasteiger partial charge in [0.1, 0.15) is 12.4 Å². The zero-order valence-corrected chi connectivity index (χ0v) is 14.9. The Labute approximate surface area is 145 Å². The van der Waals surface area contributed by atoms with Crippen molar-refractivity contribution in [3.8, 4) is 0 Å². The number of rotatable bonds is 10. The van der Waals surface area contributed by atoms with Crippen LogP contribution in [-0.2, 0) is 17.9 Å². The Balaban J connectivity index is 1.86. The number of aliphatic hydroxyl groups excluding tert-OH is 1. The number of ether oxygens (including phenoxy) is 1. The number of hydrogen-bond acceptors (Lipinski definition) is 4. The van der Waals surface area contributed by atoms with Crippen LogP contribution < -0.4 is 0 Å². The summed E-state index contributed by atoms with van der Waals surface area (Å²) < 4.78 is 10.8. The van der Waals surface area contributed by atoms with Crippen molar-refractivity contribution in [1.29, 1.82) is 0 Å². The van der Waals surface area contributed by atoms with E-state index in [-0.39, 0.29) is 0 Å². The summed E-state index contributed by atoms with van der Waals surface area (Å²) >= 11 is 0. The van der Waals surface area contributed by atoms with E-state index in [2.05, 4.69) is 49.9 Å². The molecule has 0 saturated heterocycles. The van der Waals surface area contributed by atoms with Crippen LogP contribution in [0.2, 0.25) is 0 Å². The number of benzene rings is 1. The zero-order chi connectivity index (χ0) is 17.4. The van der Waals surface area contributed by atoms with Gasteiger partial charge in [0.25, 0.3) is 0 Å². The Morgan fingerprint density at radius 2 is 2.00 bits per heavy atom. The monoisotopic (exact) mass is 331 g/mol. The Morgan fingerprint density at radius 1 is 1.21 bits per heavy atom. The Hall–Kier alpha value is -1.62. The lowest BCUT2D eigenvalue weighted by Gasteiger charge is -2.31. The van der Waals surface area contributed by atoms with E-state index in [4.69, 9.17) is 9.15 Å². The summed E-state index contributed by atoms with van der Waals surface area (Å²) in [5, 5.41) is 10.3. The van der Waals surface area contributed by atoms with E-state index in [0.717, 1.165) is 18.7 Å². The normalized spacial score (nSPS) is 14.0. The van der Waals surface area contributed by atoms with Crippen LogP contribution in [0.5, 0.6) is 0 Å². The lowest BCUT2D eigenvalue weighted by molar-refractivity contribution is -0.00275. The predicted octanol–water partition coefficient (Wildman–Crippen LogP) is 3.77. The average molecular weight is 331 g/mol. The fourth-order valence-electron chi connectivity index (χ4n) is 2.68. The molecule has 0 aliphatic rings. The zero-order valence-electron chi connectivity index (χ0n) is 14.9. The molecule has 0 aliphatic carbocycles. The second kappa shape index (κ2) is 9.62. The first kappa shape index (κ1) is 18.7. The highest BCUT2D eigenvalue weighted by Gasteiger charge is 2.18. The van der Waals surface area contributed by atoms with E-state index in [0.29, 0.717) is 25.8 Å². The van der Waals surface area contributed by atoms with Gasteiger partial charge in [-0.15, -0.1) is 0 Å². The van der Waals surface area contributed by atoms with Crippen molar-refractivity contribution in [3.05, 3.63) is 59.5 Å². The maximum absolute atomic E-state index is 10.3. The molecule has 4 heteroatoms. The predicted molar refractivity (Wildman–Crippen MR) is 95.7 cm³/mol. The van der Waals surface area contributed by atoms with E-state index in [9.17, 15) is 5.11 Å². The van der Waals surface area contributed by atoms with Crippen LogP contribution >= 0.6 is 0 Å². The lowest BCUT2D eigenvalue weighted by Crippen LogP contribution is -2.40. The first-order chi connectivity index (χ1) is 11.6. The van der Waals surface area contributed by atoms with Gasteiger partial charge in [-0.2, -0.15) is 0 Å². The molecule has 0 bridgehead atoms. The number of nitrogens with zero attached hydrogens (tertiary/aromatic N) is 1. The van der Waals surface area contributed by atoms with E-state index in [1.54, 1.807) is 6.26 Å². The topological polar surface area (TPSA) is 45.8 Å². The molecule has 0 aliphatic heterocycles. The molecule has 2 aromatic rings. The Bertz CT molecular complexity index is 582. The van der Waals surface area contributed by atoms with E-state index >= 15 is 0 Å². The van der Waals surface area contributed by atoms with Crippen LogP contribution in [-0.4, -0.2) is 35.3 Å². The lowest BCUT2D eigenvalue weighted by atomic mass is 10.1. The van der Waals surface area contributed by atoms with Gasteiger partial charge in [0.2, 0.25) is 0 Å². The molecule has 1 aromatic carbocycles. The van der Waals surface area contributed by atoms with Crippen LogP contribution in [0.25, 0.3) is 0 Å². The number of hydrogen-bond donors (Lipinski definition) is 1. The van der Waals surface area contributed by atoms with Gasteiger partial charge in [-0.3, -0.25) is 4.90 Å². The van der Waals surface area contributed by atoms with E-state index in [1.165, 1.54) is 11.1 Å². The third-order valence-corrected chi connectivity index (χ3v) is 4.43. The third-order valence-electron chi connectivity index (χ3n) is 4.43. The van der Waals surface area contributed by atoms with Crippen LogP contribution in [0.3, 0.4) is 0 Å². The molecule has 2 rings (SSSR count). The van der Waals surface area contributed by atoms with Gasteiger partial charge in [0.05, 0.1) is 19.0 Å². The van der Waals surface area contributed by atoms with Crippen molar-refractivity contribution in [3.63, 3.8) is 0 Å². The highest BCUT2D eigenvalue weighted by Crippen LogP contribution is 2.15. The standard InChI is InChI=1S/C20H29NO3/c1-4-17(3)21(12-18-9-6-5-8-16(18)2)13-19(22)14-23-15-20-10-7-11-24-20/h5-11,17,19,22H,4,12-15H2,1-3H3. The quantitative estimate of drug-likeness (QED) is 0.720. The van der Waals surface area contributed by atoms with Crippen LogP contribution in [0.1, 0.15) is 37.2 Å². The molecule has 0 radical (unpaired) electrons. The van der Waals surface area contributed by atoms with Gasteiger partial charge < -0.3 is 14.3 Å². The van der Waals surface area contributed by atoms with Crippen molar-refractivity contribution >= 4 is 0 Å². The SMILES string of the molecule is CCC(C)N(Cc1ccccc1C)CC(O)COCc1ccco1. The largest absolute Gasteiger partial charge is 0.467 e. The van der Waals surface area contributed by atoms with Crippen LogP contribution in [0.15, 0.2) is 47.1 Å². The molecule has 1 heterocycles. The van der Waals surface area contributed by atoms with Crippen molar-refractivity contribution < 1.29 is 14.3 Å². The summed E-state index contributed by atoms with van der Waals surface area (Å²) in [5.74, 6) is 0.779. The fraction of sp³-hybridized carbons (Fsp3) is 0.500. The summed E-state index contributed by atoms with van der Waals surface area (Å²) in [6.07, 6.45) is 2.16. The minimum atomic E-state index is -0.516. The number of aryl methyl sites for hydroxylation is 1. The third kappa shape index (κ3) is 5.78. The average Bonchev–Trinajstić information content (AvgIpc) is 3.09. The summed E-state index contributed by atoms with van der Waals surface area (Å²) in [6.45, 7) is 8.65. The van der Waals surface area contributed by atoms with Crippen molar-refractivity contribution in [2.45, 2.75) is 52.5 Å². The van der Waals surface area contributed by atoms with Gasteiger partial charge in [-0.25, -0.2) is 0 Å².